The van der Waals surface area contributed by atoms with Gasteiger partial charge >= 0.3 is 5.97 Å². The molecule has 0 amide bonds. The number of carboxylic acid groups (broad SMARTS) is 1. The first kappa shape index (κ1) is 23.8. The summed E-state index contributed by atoms with van der Waals surface area (Å²) in [6, 6.07) is 5.07. The number of halogens is 2. The van der Waals surface area contributed by atoms with E-state index in [4.69, 9.17) is 5.11 Å². The van der Waals surface area contributed by atoms with Crippen LogP contribution in [0.25, 0.3) is 0 Å². The van der Waals surface area contributed by atoms with Gasteiger partial charge in [0.25, 0.3) is 0 Å². The Bertz CT molecular complexity index is 1100. The smallest absolute Gasteiger partial charge is 0.334 e. The van der Waals surface area contributed by atoms with Crippen LogP contribution >= 0.6 is 27.3 Å². The summed E-state index contributed by atoms with van der Waals surface area (Å²) in [7, 11) is 0. The molecule has 32 heavy (non-hydrogen) atoms. The Morgan fingerprint density at radius 3 is 2.84 bits per heavy atom. The predicted octanol–water partition coefficient (Wildman–Crippen LogP) is 4.50. The molecule has 3 heterocycles. The summed E-state index contributed by atoms with van der Waals surface area (Å²) in [6.45, 7) is 4.54. The van der Waals surface area contributed by atoms with E-state index >= 15 is 0 Å². The highest BCUT2D eigenvalue weighted by molar-refractivity contribution is 9.09. The molecule has 2 aliphatic rings. The van der Waals surface area contributed by atoms with Crippen LogP contribution in [0.4, 0.5) is 9.52 Å². The van der Waals surface area contributed by atoms with Crippen molar-refractivity contribution in [2.45, 2.75) is 20.3 Å². The minimum absolute atomic E-state index is 0.187. The Kier molecular flexibility index (Phi) is 8.29. The molecule has 168 valence electrons. The zero-order valence-electron chi connectivity index (χ0n) is 17.7. The van der Waals surface area contributed by atoms with Gasteiger partial charge in [0.2, 0.25) is 0 Å². The van der Waals surface area contributed by atoms with Gasteiger partial charge in [-0.3, -0.25) is 14.9 Å². The van der Waals surface area contributed by atoms with Gasteiger partial charge in [-0.25, -0.2) is 14.2 Å². The van der Waals surface area contributed by atoms with Gasteiger partial charge in [-0.05, 0) is 24.6 Å². The fourth-order valence-corrected chi connectivity index (χ4v) is 4.05. The predicted molar refractivity (Wildman–Crippen MR) is 130 cm³/mol. The van der Waals surface area contributed by atoms with Gasteiger partial charge in [-0.1, -0.05) is 35.0 Å². The van der Waals surface area contributed by atoms with E-state index in [2.05, 4.69) is 36.2 Å². The molecule has 1 aromatic carbocycles. The van der Waals surface area contributed by atoms with Crippen molar-refractivity contribution in [2.24, 2.45) is 9.98 Å². The molecule has 0 atom stereocenters. The number of hydrogen-bond acceptors (Lipinski definition) is 7. The highest BCUT2D eigenvalue weighted by Gasteiger charge is 2.20. The summed E-state index contributed by atoms with van der Waals surface area (Å²) in [5.74, 6) is -0.270. The van der Waals surface area contributed by atoms with Crippen molar-refractivity contribution in [2.75, 3.05) is 23.4 Å². The summed E-state index contributed by atoms with van der Waals surface area (Å²) < 4.78 is 13.4. The first-order chi connectivity index (χ1) is 15.4. The lowest BCUT2D eigenvalue weighted by molar-refractivity contribution is -0.132. The van der Waals surface area contributed by atoms with Crippen LogP contribution in [0.5, 0.6) is 0 Å². The molecule has 0 saturated heterocycles. The van der Waals surface area contributed by atoms with Crippen LogP contribution < -0.4 is 10.2 Å². The van der Waals surface area contributed by atoms with Crippen molar-refractivity contribution < 1.29 is 14.3 Å². The van der Waals surface area contributed by atoms with Crippen molar-refractivity contribution in [3.05, 3.63) is 70.3 Å². The molecule has 2 aliphatic heterocycles. The molecule has 1 aromatic heterocycles. The van der Waals surface area contributed by atoms with Gasteiger partial charge in [-0.15, -0.1) is 11.3 Å². The third-order valence-corrected chi connectivity index (χ3v) is 6.14. The standard InChI is InChI=1S/C12H12BrFN2.C10H11N3O2S/c1-8-10(3-2-4-11(8)14)12-5-9(6-13)15-7-16-12;1-2-8-12-5-7(9(14)15)6-13(8)10-11-3-4-16-10/h2-5,15H,6-7H2,1H3;3-4,6H,2,5H2,1H3,(H,14,15). The molecule has 0 saturated carbocycles. The van der Waals surface area contributed by atoms with Crippen LogP contribution in [0, 0.1) is 12.7 Å². The highest BCUT2D eigenvalue weighted by Crippen LogP contribution is 2.23. The average molecular weight is 520 g/mol. The second-order valence-corrected chi connectivity index (χ2v) is 8.26. The summed E-state index contributed by atoms with van der Waals surface area (Å²) in [4.78, 5) is 25.4. The normalized spacial score (nSPS) is 15.4. The van der Waals surface area contributed by atoms with E-state index in [1.165, 1.54) is 17.4 Å². The number of amidine groups is 1. The van der Waals surface area contributed by atoms with E-state index in [0.717, 1.165) is 39.7 Å². The molecule has 10 heteroatoms. The van der Waals surface area contributed by atoms with Crippen molar-refractivity contribution in [1.29, 1.82) is 0 Å². The molecule has 0 bridgehead atoms. The van der Waals surface area contributed by atoms with Crippen LogP contribution in [0.1, 0.15) is 24.5 Å². The van der Waals surface area contributed by atoms with Crippen molar-refractivity contribution in [3.63, 3.8) is 0 Å². The Morgan fingerprint density at radius 2 is 2.19 bits per heavy atom. The molecule has 0 unspecified atom stereocenters. The van der Waals surface area contributed by atoms with E-state index in [-0.39, 0.29) is 17.9 Å². The minimum Gasteiger partial charge on any atom is -0.478 e. The summed E-state index contributed by atoms with van der Waals surface area (Å²) >= 11 is 4.84. The number of nitrogens with zero attached hydrogens (tertiary/aromatic N) is 4. The van der Waals surface area contributed by atoms with Gasteiger partial charge in [-0.2, -0.15) is 0 Å². The number of allylic oxidation sites excluding steroid dienone is 2. The number of aromatic nitrogens is 1. The molecular weight excluding hydrogens is 497 g/mol. The topological polar surface area (TPSA) is 90.2 Å². The lowest BCUT2D eigenvalue weighted by atomic mass is 10.0. The van der Waals surface area contributed by atoms with E-state index in [9.17, 15) is 9.18 Å². The molecule has 7 nitrogen and oxygen atoms in total. The maximum atomic E-state index is 13.4. The molecule has 4 rings (SSSR count). The monoisotopic (exact) mass is 519 g/mol. The number of anilines is 1. The van der Waals surface area contributed by atoms with Gasteiger partial charge in [0.05, 0.1) is 17.8 Å². The molecule has 0 spiro atoms. The number of rotatable bonds is 5. The van der Waals surface area contributed by atoms with Crippen LogP contribution in [-0.2, 0) is 4.79 Å². The van der Waals surface area contributed by atoms with Gasteiger partial charge in [0.1, 0.15) is 18.3 Å². The van der Waals surface area contributed by atoms with Crippen molar-refractivity contribution in [3.8, 4) is 0 Å². The number of thiazole rings is 1. The largest absolute Gasteiger partial charge is 0.478 e. The van der Waals surface area contributed by atoms with Crippen molar-refractivity contribution >= 4 is 49.9 Å². The second kappa shape index (κ2) is 11.1. The van der Waals surface area contributed by atoms with Gasteiger partial charge < -0.3 is 10.4 Å². The summed E-state index contributed by atoms with van der Waals surface area (Å²) in [5.41, 5.74) is 3.69. The fraction of sp³-hybridized carbons (Fsp3) is 0.273. The number of nitrogens with one attached hydrogen (secondary N) is 1. The van der Waals surface area contributed by atoms with Crippen LogP contribution in [0.2, 0.25) is 0 Å². The van der Waals surface area contributed by atoms with E-state index in [1.807, 2.05) is 24.4 Å². The Labute approximate surface area is 198 Å². The zero-order chi connectivity index (χ0) is 23.1. The zero-order valence-corrected chi connectivity index (χ0v) is 20.1. The molecule has 2 aromatic rings. The third-order valence-electron chi connectivity index (χ3n) is 4.77. The molecular formula is C22H23BrFN5O2S. The third kappa shape index (κ3) is 5.68. The summed E-state index contributed by atoms with van der Waals surface area (Å²) in [5, 5.41) is 15.4. The minimum atomic E-state index is -0.930. The summed E-state index contributed by atoms with van der Waals surface area (Å²) in [6.07, 6.45) is 5.99. The number of aliphatic imine (C=N–C) groups is 2. The van der Waals surface area contributed by atoms with E-state index in [0.29, 0.717) is 12.2 Å². The number of carbonyl (C=O) groups is 1. The molecule has 0 radical (unpaired) electrons. The average Bonchev–Trinajstić information content (AvgIpc) is 3.35. The lowest BCUT2D eigenvalue weighted by Gasteiger charge is -2.23. The first-order valence-corrected chi connectivity index (χ1v) is 11.9. The number of hydrogen-bond donors (Lipinski definition) is 2. The van der Waals surface area contributed by atoms with Crippen LogP contribution in [0.3, 0.4) is 0 Å². The Morgan fingerprint density at radius 1 is 1.38 bits per heavy atom. The molecule has 2 N–H and O–H groups in total. The number of carboxylic acids is 1. The van der Waals surface area contributed by atoms with Gasteiger partial charge in [0, 0.05) is 40.8 Å². The first-order valence-electron chi connectivity index (χ1n) is 9.91. The number of aliphatic carboxylic acids is 1. The van der Waals surface area contributed by atoms with Crippen molar-refractivity contribution in [1.82, 2.24) is 10.3 Å². The number of alkyl halides is 1. The Hall–Kier alpha value is -2.85. The maximum absolute atomic E-state index is 13.4. The number of benzene rings is 1. The second-order valence-electron chi connectivity index (χ2n) is 6.82. The molecule has 0 aliphatic carbocycles. The lowest BCUT2D eigenvalue weighted by Crippen LogP contribution is -2.30. The maximum Gasteiger partial charge on any atom is 0.334 e. The van der Waals surface area contributed by atoms with E-state index in [1.54, 1.807) is 30.3 Å². The highest BCUT2D eigenvalue weighted by atomic mass is 79.9. The van der Waals surface area contributed by atoms with Crippen LogP contribution in [-0.4, -0.2) is 46.2 Å². The SMILES string of the molecule is CCC1=NCC(C(=O)O)=CN1c1nccs1.Cc1c(F)cccc1C1=NCNC(CBr)=C1. The van der Waals surface area contributed by atoms with Crippen LogP contribution in [0.15, 0.2) is 63.3 Å². The molecule has 0 fully saturated rings. The quantitative estimate of drug-likeness (QED) is 0.567. The fourth-order valence-electron chi connectivity index (χ4n) is 3.05. The van der Waals surface area contributed by atoms with Gasteiger partial charge in [0.15, 0.2) is 5.13 Å². The Balaban J connectivity index is 0.000000181. The van der Waals surface area contributed by atoms with E-state index < -0.39 is 5.97 Å².